The van der Waals surface area contributed by atoms with Gasteiger partial charge < -0.3 is 44.7 Å². The van der Waals surface area contributed by atoms with Gasteiger partial charge in [-0.15, -0.1) is 12.4 Å². The van der Waals surface area contributed by atoms with Crippen LogP contribution in [0.4, 0.5) is 52.8 Å². The molecule has 0 spiro atoms. The van der Waals surface area contributed by atoms with Crippen molar-refractivity contribution in [2.24, 2.45) is 0 Å². The van der Waals surface area contributed by atoms with Crippen molar-refractivity contribution in [3.8, 4) is 11.8 Å². The number of carbonyl (C=O) groups is 4. The molecule has 0 radical (unpaired) electrons. The molecule has 7 aliphatic rings. The Balaban J connectivity index is 0.000000175. The minimum absolute atomic E-state index is 0. The zero-order valence-corrected chi connectivity index (χ0v) is 48.6. The largest absolute Gasteiger partial charge is 0.534 e. The van der Waals surface area contributed by atoms with Gasteiger partial charge in [0.05, 0.1) is 34.6 Å². The van der Waals surface area contributed by atoms with Crippen LogP contribution in [0.15, 0.2) is 49.1 Å². The number of rotatable bonds is 14. The molecule has 4 bridgehead atoms. The smallest absolute Gasteiger partial charge is 0.472 e. The van der Waals surface area contributed by atoms with E-state index in [1.807, 2.05) is 11.8 Å². The van der Waals surface area contributed by atoms with Gasteiger partial charge in [-0.2, -0.15) is 18.7 Å². The first kappa shape index (κ1) is 62.7. The zero-order chi connectivity index (χ0) is 58.0. The number of imide groups is 1. The molecule has 4 unspecified atom stereocenters. The van der Waals surface area contributed by atoms with Crippen molar-refractivity contribution in [1.82, 2.24) is 40.1 Å². The highest BCUT2D eigenvalue weighted by atomic mass is 35.5. The van der Waals surface area contributed by atoms with Gasteiger partial charge in [-0.1, -0.05) is 61.2 Å². The van der Waals surface area contributed by atoms with Crippen molar-refractivity contribution in [1.29, 1.82) is 0 Å². The van der Waals surface area contributed by atoms with Gasteiger partial charge in [-0.05, 0) is 122 Å². The highest BCUT2D eigenvalue weighted by Gasteiger charge is 2.49. The number of amides is 3. The second kappa shape index (κ2) is 27.9. The molecule has 3 amide bonds. The summed E-state index contributed by atoms with van der Waals surface area (Å²) < 4.78 is 52.2. The van der Waals surface area contributed by atoms with Gasteiger partial charge in [-0.3, -0.25) is 14.4 Å². The highest BCUT2D eigenvalue weighted by Crippen LogP contribution is 2.44. The van der Waals surface area contributed by atoms with Crippen LogP contribution in [0.25, 0.3) is 9.69 Å². The summed E-state index contributed by atoms with van der Waals surface area (Å²) in [5.74, 6) is -2.66. The third-order valence-electron chi connectivity index (χ3n) is 15.2. The van der Waals surface area contributed by atoms with Crippen LogP contribution >= 0.6 is 35.6 Å². The molecule has 2 aromatic heterocycles. The van der Waals surface area contributed by atoms with Crippen molar-refractivity contribution in [3.63, 3.8) is 0 Å². The fourth-order valence-electron chi connectivity index (χ4n) is 10.0. The number of carbonyl (C=O) groups excluding carboxylic acids is 4. The fourth-order valence-corrected chi connectivity index (χ4v) is 10.5. The molecule has 5 aliphatic heterocycles. The van der Waals surface area contributed by atoms with E-state index in [-0.39, 0.29) is 89.7 Å². The summed E-state index contributed by atoms with van der Waals surface area (Å²) in [5, 5.41) is 10.3. The van der Waals surface area contributed by atoms with Gasteiger partial charge in [0.2, 0.25) is 11.6 Å². The van der Waals surface area contributed by atoms with E-state index in [0.29, 0.717) is 57.8 Å². The minimum Gasteiger partial charge on any atom is -0.472 e. The molecule has 4 atom stereocenters. The van der Waals surface area contributed by atoms with E-state index in [1.54, 1.807) is 31.2 Å². The molecule has 440 valence electrons. The van der Waals surface area contributed by atoms with E-state index in [0.717, 1.165) is 64.2 Å². The molecule has 7 heterocycles. The topological polar surface area (TPSA) is 221 Å². The number of hydrogen-bond acceptors (Lipinski definition) is 17. The predicted octanol–water partition coefficient (Wildman–Crippen LogP) is 12.4. The summed E-state index contributed by atoms with van der Waals surface area (Å²) in [4.78, 5) is 77.2. The summed E-state index contributed by atoms with van der Waals surface area (Å²) in [6, 6.07) is 10.3. The van der Waals surface area contributed by atoms with Crippen molar-refractivity contribution >= 4 is 94.1 Å². The van der Waals surface area contributed by atoms with E-state index in [9.17, 15) is 23.6 Å². The van der Waals surface area contributed by atoms with Crippen molar-refractivity contribution in [3.05, 3.63) is 93.6 Å². The summed E-state index contributed by atoms with van der Waals surface area (Å²) >= 11 is 12.3. The first-order chi connectivity index (χ1) is 38.8. The van der Waals surface area contributed by atoms with Gasteiger partial charge in [0.1, 0.15) is 36.1 Å². The normalized spacial score (nSPS) is 22.6. The van der Waals surface area contributed by atoms with Crippen LogP contribution in [0.5, 0.6) is 11.8 Å². The number of benzene rings is 2. The minimum atomic E-state index is -0.987. The molecule has 3 N–H and O–H groups in total. The molecule has 21 nitrogen and oxygen atoms in total. The van der Waals surface area contributed by atoms with Crippen LogP contribution in [0, 0.1) is 24.8 Å². The maximum absolute atomic E-state index is 15.1. The molecule has 2 aromatic carbocycles. The quantitative estimate of drug-likeness (QED) is 0.0607. The van der Waals surface area contributed by atoms with Crippen LogP contribution in [-0.2, 0) is 23.9 Å². The first-order valence-electron chi connectivity index (χ1n) is 27.3. The van der Waals surface area contributed by atoms with E-state index in [2.05, 4.69) is 76.1 Å². The molecule has 26 heteroatoms. The maximum atomic E-state index is 15.1. The van der Waals surface area contributed by atoms with Crippen LogP contribution in [-0.4, -0.2) is 126 Å². The lowest BCUT2D eigenvalue weighted by Gasteiger charge is -2.38. The lowest BCUT2D eigenvalue weighted by atomic mass is 10.0. The molecule has 4 aromatic rings. The number of aromatic nitrogens is 4. The summed E-state index contributed by atoms with van der Waals surface area (Å²) in [5.41, 5.74) is 0.894. The first-order valence-corrected chi connectivity index (χ1v) is 28.1. The lowest BCUT2D eigenvalue weighted by Crippen LogP contribution is -2.50. The Hall–Kier alpha value is -6.89. The Morgan fingerprint density at radius 1 is 0.707 bits per heavy atom. The third kappa shape index (κ3) is 16.4. The molecule has 7 fully saturated rings. The van der Waals surface area contributed by atoms with Gasteiger partial charge in [0.25, 0.3) is 23.6 Å². The predicted molar refractivity (Wildman–Crippen MR) is 303 cm³/mol. The summed E-state index contributed by atoms with van der Waals surface area (Å²) in [6.45, 7) is 27.9. The molecule has 2 aliphatic carbocycles. The summed E-state index contributed by atoms with van der Waals surface area (Å²) in [6.07, 6.45) is 11.4. The number of ether oxygens (including phenoxy) is 4. The molecule has 82 heavy (non-hydrogen) atoms. The average Bonchev–Trinajstić information content (AvgIpc) is 4.42. The Labute approximate surface area is 491 Å². The van der Waals surface area contributed by atoms with Gasteiger partial charge >= 0.3 is 12.2 Å². The Morgan fingerprint density at radius 2 is 1.15 bits per heavy atom. The number of hydrogen-bond donors (Lipinski definition) is 3. The number of hydroxylamine groups is 2. The van der Waals surface area contributed by atoms with E-state index >= 15 is 4.39 Å². The second-order valence-electron chi connectivity index (χ2n) is 21.2. The average molecular weight is 1200 g/mol. The number of nitrogens with one attached hydrogen (secondary N) is 3. The molecular weight excluding hydrogens is 1130 g/mol. The Kier molecular flexibility index (Phi) is 21.4. The monoisotopic (exact) mass is 1190 g/mol. The van der Waals surface area contributed by atoms with Crippen molar-refractivity contribution in [2.45, 2.75) is 172 Å². The number of fused-ring (bicyclic) bond motifs is 4. The number of piperidine rings is 2. The van der Waals surface area contributed by atoms with E-state index in [4.69, 9.17) is 55.3 Å². The van der Waals surface area contributed by atoms with Crippen molar-refractivity contribution in [2.75, 3.05) is 30.3 Å². The van der Waals surface area contributed by atoms with E-state index < -0.39 is 35.2 Å². The molecule has 11 rings (SSSR count). The number of nitrogens with zero attached hydrogens (tertiary/aromatic N) is 9. The molecular formula is C56H67Cl3F2N12O9. The Morgan fingerprint density at radius 3 is 1.55 bits per heavy atom. The second-order valence-corrected chi connectivity index (χ2v) is 22.1. The Bertz CT molecular complexity index is 2990. The standard InChI is InChI=1S/C23H23ClFN5O3.C18H17ClFN5O.C9H11NO5.C6H15N.ClH/c1-23(7-8-23)33-22(31)30-14-4-5-15(30)11-16(10-14)32-21-19(25)20(27-12-28-21)29-18-6-3-13(26-2)9-17(18)24;1-21-10-4-5-15(14(19)8-10)25-17-16(20)18(23-9-22-17)26-13-6-11-2-3-12(7-13)24-11;1-9(4-5-9)14-8(13)15-10-6(11)2-3-7(10)12;1-4-7(5-2)6-3;/h3,6,9,12,14-16H,4-5,7-8,10-11H2,1H3,(H,27,28,29);4-5,8-9,11-13,24H,2-3,6-7H2,(H,22,23,25);2-5H2,1H3;4-6H2,1-3H3;1H. The highest BCUT2D eigenvalue weighted by molar-refractivity contribution is 6.34. The SMILES string of the molecule is CC1(OC(=O)ON2C(=O)CCC2=O)CC1.CCN(CC)CC.Cl.[C-]#[N+]c1ccc(Nc2ncnc(OC3CC4CCC(C3)N4)c2F)c(Cl)c1.[C-]#[N+]c1ccc(Nc2ncnc(OC3CC4CCC(C3)N4C(=O)OC3(C)CC3)c2F)c(Cl)c1. The van der Waals surface area contributed by atoms with Gasteiger partial charge in [0.15, 0.2) is 23.0 Å². The van der Waals surface area contributed by atoms with Crippen LogP contribution in [0.1, 0.15) is 125 Å². The fraction of sp³-hybridized carbons (Fsp3) is 0.536. The van der Waals surface area contributed by atoms with Crippen LogP contribution < -0.4 is 25.4 Å². The van der Waals surface area contributed by atoms with Crippen molar-refractivity contribution < 1.29 is 51.7 Å². The van der Waals surface area contributed by atoms with Gasteiger partial charge in [-0.25, -0.2) is 29.2 Å². The van der Waals surface area contributed by atoms with E-state index in [1.165, 1.54) is 44.4 Å². The maximum Gasteiger partial charge on any atom is 0.534 e. The zero-order valence-electron chi connectivity index (χ0n) is 46.2. The lowest BCUT2D eigenvalue weighted by molar-refractivity contribution is -0.179. The third-order valence-corrected chi connectivity index (χ3v) is 15.8. The summed E-state index contributed by atoms with van der Waals surface area (Å²) in [7, 11) is 0. The molecule has 5 saturated heterocycles. The molecule has 2 saturated carbocycles. The van der Waals surface area contributed by atoms with Crippen LogP contribution in [0.2, 0.25) is 10.0 Å². The number of anilines is 4. The van der Waals surface area contributed by atoms with Crippen LogP contribution in [0.3, 0.4) is 0 Å². The van der Waals surface area contributed by atoms with Gasteiger partial charge in [0, 0.05) is 49.9 Å². The number of halogens is 5.